The Hall–Kier alpha value is -3.71. The summed E-state index contributed by atoms with van der Waals surface area (Å²) in [6, 6.07) is 18.3. The number of benzene rings is 3. The predicted octanol–water partition coefficient (Wildman–Crippen LogP) is 4.49. The Morgan fingerprint density at radius 2 is 1.46 bits per heavy atom. The van der Waals surface area contributed by atoms with Gasteiger partial charge in [-0.1, -0.05) is 35.9 Å². The summed E-state index contributed by atoms with van der Waals surface area (Å²) in [5.74, 6) is 2.78. The molecule has 0 saturated heterocycles. The minimum absolute atomic E-state index is 0.00168. The third kappa shape index (κ3) is 6.17. The van der Waals surface area contributed by atoms with Crippen LogP contribution in [0.25, 0.3) is 0 Å². The fourth-order valence-corrected chi connectivity index (χ4v) is 4.89. The van der Waals surface area contributed by atoms with Crippen molar-refractivity contribution in [2.75, 3.05) is 41.5 Å². The number of rotatable bonds is 10. The lowest BCUT2D eigenvalue weighted by atomic mass is 9.88. The Kier molecular flexibility index (Phi) is 8.56. The van der Waals surface area contributed by atoms with Crippen LogP contribution in [0.15, 0.2) is 54.6 Å². The number of amides is 1. The van der Waals surface area contributed by atoms with Crippen LogP contribution in [0.5, 0.6) is 23.0 Å². The highest BCUT2D eigenvalue weighted by molar-refractivity contribution is 5.78. The average Bonchev–Trinajstić information content (AvgIpc) is 2.93. The van der Waals surface area contributed by atoms with Gasteiger partial charge < -0.3 is 24.3 Å². The fourth-order valence-electron chi connectivity index (χ4n) is 4.89. The van der Waals surface area contributed by atoms with Gasteiger partial charge in [-0.2, -0.15) is 0 Å². The second kappa shape index (κ2) is 12.0. The van der Waals surface area contributed by atoms with Crippen molar-refractivity contribution >= 4 is 5.91 Å². The quantitative estimate of drug-likeness (QED) is 0.439. The van der Waals surface area contributed by atoms with Crippen molar-refractivity contribution in [3.05, 3.63) is 82.4 Å². The molecule has 196 valence electrons. The van der Waals surface area contributed by atoms with Crippen molar-refractivity contribution in [1.82, 2.24) is 10.2 Å². The van der Waals surface area contributed by atoms with E-state index in [-0.39, 0.29) is 11.9 Å². The molecule has 37 heavy (non-hydrogen) atoms. The topological polar surface area (TPSA) is 69.3 Å². The summed E-state index contributed by atoms with van der Waals surface area (Å²) in [6.07, 6.45) is 1.53. The van der Waals surface area contributed by atoms with Gasteiger partial charge in [-0.15, -0.1) is 0 Å². The highest BCUT2D eigenvalue weighted by Crippen LogP contribution is 2.40. The van der Waals surface area contributed by atoms with Crippen LogP contribution in [0.1, 0.15) is 33.9 Å². The van der Waals surface area contributed by atoms with Crippen LogP contribution in [0.2, 0.25) is 0 Å². The van der Waals surface area contributed by atoms with E-state index in [0.29, 0.717) is 36.8 Å². The maximum atomic E-state index is 13.0. The van der Waals surface area contributed by atoms with E-state index < -0.39 is 0 Å². The summed E-state index contributed by atoms with van der Waals surface area (Å²) in [6.45, 7) is 3.63. The number of nitrogens with one attached hydrogen (secondary N) is 1. The summed E-state index contributed by atoms with van der Waals surface area (Å²) in [7, 11) is 6.57. The minimum Gasteiger partial charge on any atom is -0.493 e. The number of methoxy groups -OCH3 is 4. The fraction of sp³-hybridized carbons (Fsp3) is 0.367. The zero-order valence-electron chi connectivity index (χ0n) is 22.3. The van der Waals surface area contributed by atoms with Crippen molar-refractivity contribution in [3.63, 3.8) is 0 Å². The SMILES string of the molecule is COc1ccc(CC2c3cc(OC)c(OC)cc3CCN2CC(=O)NCc2ccc(C)cc2)cc1OC. The van der Waals surface area contributed by atoms with Crippen LogP contribution in [-0.4, -0.2) is 52.3 Å². The van der Waals surface area contributed by atoms with E-state index in [1.54, 1.807) is 28.4 Å². The second-order valence-electron chi connectivity index (χ2n) is 9.30. The molecule has 0 fully saturated rings. The van der Waals surface area contributed by atoms with Crippen molar-refractivity contribution in [1.29, 1.82) is 0 Å². The van der Waals surface area contributed by atoms with Crippen LogP contribution in [-0.2, 0) is 24.2 Å². The van der Waals surface area contributed by atoms with Crippen LogP contribution >= 0.6 is 0 Å². The maximum Gasteiger partial charge on any atom is 0.234 e. The molecular formula is C30H36N2O5. The number of hydrogen-bond acceptors (Lipinski definition) is 6. The van der Waals surface area contributed by atoms with E-state index in [4.69, 9.17) is 18.9 Å². The van der Waals surface area contributed by atoms with Gasteiger partial charge in [0.05, 0.1) is 35.0 Å². The van der Waals surface area contributed by atoms with Gasteiger partial charge in [-0.25, -0.2) is 0 Å². The molecule has 1 atom stereocenters. The van der Waals surface area contributed by atoms with Crippen molar-refractivity contribution in [3.8, 4) is 23.0 Å². The lowest BCUT2D eigenvalue weighted by Crippen LogP contribution is -2.43. The molecule has 0 aliphatic carbocycles. The number of carbonyl (C=O) groups excluding carboxylic acids is 1. The van der Waals surface area contributed by atoms with Gasteiger partial charge >= 0.3 is 0 Å². The Bertz CT molecular complexity index is 1230. The summed E-state index contributed by atoms with van der Waals surface area (Å²) >= 11 is 0. The summed E-state index contributed by atoms with van der Waals surface area (Å²) in [5.41, 5.74) is 5.73. The molecule has 1 aliphatic heterocycles. The Morgan fingerprint density at radius 1 is 0.838 bits per heavy atom. The van der Waals surface area contributed by atoms with Crippen LogP contribution in [0, 0.1) is 6.92 Å². The smallest absolute Gasteiger partial charge is 0.234 e. The van der Waals surface area contributed by atoms with Crippen LogP contribution < -0.4 is 24.3 Å². The van der Waals surface area contributed by atoms with Gasteiger partial charge in [0.25, 0.3) is 0 Å². The third-order valence-electron chi connectivity index (χ3n) is 6.95. The number of carbonyl (C=O) groups is 1. The van der Waals surface area contributed by atoms with E-state index in [1.807, 2.05) is 30.3 Å². The maximum absolute atomic E-state index is 13.0. The number of hydrogen-bond donors (Lipinski definition) is 1. The molecule has 3 aromatic rings. The van der Waals surface area contributed by atoms with E-state index in [1.165, 1.54) is 11.1 Å². The number of fused-ring (bicyclic) bond motifs is 1. The molecule has 1 amide bonds. The van der Waals surface area contributed by atoms with Gasteiger partial charge in [-0.3, -0.25) is 9.69 Å². The summed E-state index contributed by atoms with van der Waals surface area (Å²) in [4.78, 5) is 15.3. The lowest BCUT2D eigenvalue weighted by molar-refractivity contribution is -0.123. The Balaban J connectivity index is 1.59. The van der Waals surface area contributed by atoms with Crippen LogP contribution in [0.4, 0.5) is 0 Å². The molecule has 7 heteroatoms. The van der Waals surface area contributed by atoms with Gasteiger partial charge in [0.15, 0.2) is 23.0 Å². The van der Waals surface area contributed by atoms with Gasteiger partial charge in [0, 0.05) is 19.1 Å². The highest BCUT2D eigenvalue weighted by Gasteiger charge is 2.30. The normalized spacial score (nSPS) is 15.0. The van der Waals surface area contributed by atoms with Crippen molar-refractivity contribution in [2.45, 2.75) is 32.4 Å². The summed E-state index contributed by atoms with van der Waals surface area (Å²) in [5, 5.41) is 3.09. The van der Waals surface area contributed by atoms with Gasteiger partial charge in [0.2, 0.25) is 5.91 Å². The van der Waals surface area contributed by atoms with E-state index >= 15 is 0 Å². The molecule has 0 bridgehead atoms. The molecule has 0 saturated carbocycles. The van der Waals surface area contributed by atoms with Crippen molar-refractivity contribution in [2.24, 2.45) is 0 Å². The molecule has 3 aromatic carbocycles. The monoisotopic (exact) mass is 504 g/mol. The van der Waals surface area contributed by atoms with E-state index in [9.17, 15) is 4.79 Å². The van der Waals surface area contributed by atoms with E-state index in [2.05, 4.69) is 41.4 Å². The first kappa shape index (κ1) is 26.4. The van der Waals surface area contributed by atoms with Crippen LogP contribution in [0.3, 0.4) is 0 Å². The first-order valence-corrected chi connectivity index (χ1v) is 12.5. The second-order valence-corrected chi connectivity index (χ2v) is 9.30. The molecule has 4 rings (SSSR count). The molecule has 1 heterocycles. The first-order valence-electron chi connectivity index (χ1n) is 12.5. The first-order chi connectivity index (χ1) is 17.9. The third-order valence-corrected chi connectivity index (χ3v) is 6.95. The molecule has 7 nitrogen and oxygen atoms in total. The zero-order chi connectivity index (χ0) is 26.4. The molecule has 1 unspecified atom stereocenters. The standard InChI is InChI=1S/C30H36N2O5/c1-20-6-8-21(9-7-20)18-31-30(33)19-32-13-12-23-16-28(36-4)29(37-5)17-24(23)25(32)14-22-10-11-26(34-2)27(15-22)35-3/h6-11,15-17,25H,12-14,18-19H2,1-5H3,(H,31,33). The zero-order valence-corrected chi connectivity index (χ0v) is 22.3. The predicted molar refractivity (Wildman–Crippen MR) is 144 cm³/mol. The molecule has 0 radical (unpaired) electrons. The molecule has 0 spiro atoms. The number of nitrogens with zero attached hydrogens (tertiary/aromatic N) is 1. The largest absolute Gasteiger partial charge is 0.493 e. The molecular weight excluding hydrogens is 468 g/mol. The minimum atomic E-state index is -0.0215. The Labute approximate surface area is 219 Å². The van der Waals surface area contributed by atoms with Crippen molar-refractivity contribution < 1.29 is 23.7 Å². The molecule has 0 aromatic heterocycles. The highest BCUT2D eigenvalue weighted by atomic mass is 16.5. The summed E-state index contributed by atoms with van der Waals surface area (Å²) < 4.78 is 22.1. The lowest BCUT2D eigenvalue weighted by Gasteiger charge is -2.37. The van der Waals surface area contributed by atoms with Gasteiger partial charge in [0.1, 0.15) is 0 Å². The average molecular weight is 505 g/mol. The number of aryl methyl sites for hydroxylation is 1. The van der Waals surface area contributed by atoms with Gasteiger partial charge in [-0.05, 0) is 66.3 Å². The molecule has 1 N–H and O–H groups in total. The molecule has 1 aliphatic rings. The number of ether oxygens (including phenoxy) is 4. The van der Waals surface area contributed by atoms with E-state index in [0.717, 1.165) is 35.4 Å². The Morgan fingerprint density at radius 3 is 2.14 bits per heavy atom.